The summed E-state index contributed by atoms with van der Waals surface area (Å²) in [5, 5.41) is 17.3. The molecule has 0 aliphatic heterocycles. The van der Waals surface area contributed by atoms with Gasteiger partial charge in [0, 0.05) is 18.2 Å². The third kappa shape index (κ3) is 4.08. The van der Waals surface area contributed by atoms with Gasteiger partial charge in [-0.1, -0.05) is 23.4 Å². The van der Waals surface area contributed by atoms with E-state index in [4.69, 9.17) is 9.26 Å². The van der Waals surface area contributed by atoms with Crippen LogP contribution in [-0.4, -0.2) is 29.5 Å². The number of aryl methyl sites for hydroxylation is 3. The van der Waals surface area contributed by atoms with E-state index in [9.17, 15) is 5.11 Å². The van der Waals surface area contributed by atoms with Crippen LogP contribution in [0.4, 0.5) is 0 Å². The van der Waals surface area contributed by atoms with Gasteiger partial charge in [0.05, 0.1) is 5.69 Å². The second-order valence-electron chi connectivity index (χ2n) is 5.60. The molecule has 2 N–H and O–H groups in total. The molecule has 1 aromatic heterocycles. The molecule has 5 heteroatoms. The number of hydrogen-bond acceptors (Lipinski definition) is 5. The maximum atomic E-state index is 10.1. The van der Waals surface area contributed by atoms with E-state index in [1.807, 2.05) is 52.0 Å². The first-order valence-corrected chi connectivity index (χ1v) is 7.51. The third-order valence-corrected chi connectivity index (χ3v) is 3.71. The summed E-state index contributed by atoms with van der Waals surface area (Å²) in [5.41, 5.74) is 2.99. The molecule has 1 heterocycles. The first-order chi connectivity index (χ1) is 10.5. The molecule has 0 saturated carbocycles. The molecule has 0 saturated heterocycles. The van der Waals surface area contributed by atoms with Gasteiger partial charge in [0.15, 0.2) is 0 Å². The fraction of sp³-hybridized carbons (Fsp3) is 0.471. The minimum absolute atomic E-state index is 0.0689. The largest absolute Gasteiger partial charge is 0.491 e. The Hall–Kier alpha value is -1.85. The van der Waals surface area contributed by atoms with Crippen molar-refractivity contribution in [1.82, 2.24) is 10.5 Å². The van der Waals surface area contributed by atoms with Crippen LogP contribution in [0.3, 0.4) is 0 Å². The molecule has 0 bridgehead atoms. The van der Waals surface area contributed by atoms with Crippen LogP contribution in [0, 0.1) is 20.8 Å². The molecule has 1 aromatic carbocycles. The second kappa shape index (κ2) is 7.42. The van der Waals surface area contributed by atoms with Gasteiger partial charge in [-0.05, 0) is 39.3 Å². The van der Waals surface area contributed by atoms with Crippen molar-refractivity contribution in [3.05, 3.63) is 46.8 Å². The predicted octanol–water partition coefficient (Wildman–Crippen LogP) is 2.69. The van der Waals surface area contributed by atoms with Gasteiger partial charge < -0.3 is 19.7 Å². The van der Waals surface area contributed by atoms with Crippen molar-refractivity contribution in [1.29, 1.82) is 0 Å². The van der Waals surface area contributed by atoms with Gasteiger partial charge in [0.1, 0.15) is 24.2 Å². The molecule has 2 rings (SSSR count). The van der Waals surface area contributed by atoms with Gasteiger partial charge in [0.2, 0.25) is 0 Å². The summed E-state index contributed by atoms with van der Waals surface area (Å²) in [7, 11) is 0. The molecule has 2 atom stereocenters. The van der Waals surface area contributed by atoms with Crippen molar-refractivity contribution in [2.75, 3.05) is 13.2 Å². The van der Waals surface area contributed by atoms with Gasteiger partial charge in [-0.25, -0.2) is 0 Å². The van der Waals surface area contributed by atoms with Crippen molar-refractivity contribution < 1.29 is 14.4 Å². The minimum atomic E-state index is -0.581. The molecule has 0 radical (unpaired) electrons. The lowest BCUT2D eigenvalue weighted by atomic mass is 10.1. The van der Waals surface area contributed by atoms with E-state index in [0.717, 1.165) is 28.3 Å². The molecule has 2 aromatic rings. The number of aliphatic hydroxyl groups excluding tert-OH is 1. The second-order valence-corrected chi connectivity index (χ2v) is 5.60. The molecule has 120 valence electrons. The fourth-order valence-corrected chi connectivity index (χ4v) is 2.49. The molecular weight excluding hydrogens is 280 g/mol. The number of para-hydroxylation sites is 1. The zero-order valence-electron chi connectivity index (χ0n) is 13.6. The Balaban J connectivity index is 1.80. The van der Waals surface area contributed by atoms with Crippen molar-refractivity contribution in [3.8, 4) is 5.75 Å². The number of aliphatic hydroxyl groups is 1. The number of nitrogens with one attached hydrogen (secondary N) is 1. The number of hydrogen-bond donors (Lipinski definition) is 2. The van der Waals surface area contributed by atoms with Crippen LogP contribution >= 0.6 is 0 Å². The molecular formula is C17H24N2O3. The van der Waals surface area contributed by atoms with E-state index in [2.05, 4.69) is 10.5 Å². The van der Waals surface area contributed by atoms with E-state index in [-0.39, 0.29) is 12.6 Å². The number of benzene rings is 1. The van der Waals surface area contributed by atoms with Crippen molar-refractivity contribution in [2.45, 2.75) is 39.8 Å². The summed E-state index contributed by atoms with van der Waals surface area (Å²) in [6.45, 7) is 8.52. The Kier molecular flexibility index (Phi) is 5.57. The predicted molar refractivity (Wildman–Crippen MR) is 85.1 cm³/mol. The fourth-order valence-electron chi connectivity index (χ4n) is 2.49. The Morgan fingerprint density at radius 3 is 2.64 bits per heavy atom. The van der Waals surface area contributed by atoms with Crippen molar-refractivity contribution >= 4 is 0 Å². The van der Waals surface area contributed by atoms with Gasteiger partial charge in [-0.2, -0.15) is 0 Å². The quantitative estimate of drug-likeness (QED) is 0.823. The Bertz CT molecular complexity index is 590. The number of ether oxygens (including phenoxy) is 1. The molecule has 22 heavy (non-hydrogen) atoms. The highest BCUT2D eigenvalue weighted by atomic mass is 16.5. The summed E-state index contributed by atoms with van der Waals surface area (Å²) in [4.78, 5) is 0. The smallest absolute Gasteiger partial charge is 0.138 e. The van der Waals surface area contributed by atoms with E-state index in [1.54, 1.807) is 0 Å². The molecule has 0 aliphatic carbocycles. The lowest BCUT2D eigenvalue weighted by molar-refractivity contribution is 0.104. The molecule has 0 amide bonds. The Labute approximate surface area is 131 Å². The summed E-state index contributed by atoms with van der Waals surface area (Å²) in [5.74, 6) is 1.61. The third-order valence-electron chi connectivity index (χ3n) is 3.71. The summed E-state index contributed by atoms with van der Waals surface area (Å²) < 4.78 is 10.8. The number of nitrogens with zero attached hydrogens (tertiary/aromatic N) is 1. The van der Waals surface area contributed by atoms with Crippen LogP contribution in [-0.2, 0) is 0 Å². The average Bonchev–Trinajstić information content (AvgIpc) is 2.83. The minimum Gasteiger partial charge on any atom is -0.491 e. The van der Waals surface area contributed by atoms with E-state index in [0.29, 0.717) is 6.54 Å². The highest BCUT2D eigenvalue weighted by molar-refractivity contribution is 5.31. The zero-order valence-corrected chi connectivity index (χ0v) is 13.6. The van der Waals surface area contributed by atoms with Gasteiger partial charge in [-0.15, -0.1) is 0 Å². The average molecular weight is 304 g/mol. The first kappa shape index (κ1) is 16.5. The van der Waals surface area contributed by atoms with Gasteiger partial charge in [-0.3, -0.25) is 0 Å². The molecule has 0 spiro atoms. The van der Waals surface area contributed by atoms with E-state index in [1.165, 1.54) is 0 Å². The lowest BCUT2D eigenvalue weighted by Crippen LogP contribution is -2.33. The maximum Gasteiger partial charge on any atom is 0.138 e. The summed E-state index contributed by atoms with van der Waals surface area (Å²) in [6, 6.07) is 7.85. The monoisotopic (exact) mass is 304 g/mol. The highest BCUT2D eigenvalue weighted by Crippen LogP contribution is 2.21. The number of aromatic nitrogens is 1. The van der Waals surface area contributed by atoms with Gasteiger partial charge >= 0.3 is 0 Å². The standard InChI is InChI=1S/C17H24N2O3/c1-11-7-5-6-8-16(11)21-10-15(20)9-18-12(2)17-13(3)19-22-14(17)4/h5-8,12,15,18,20H,9-10H2,1-4H3/t12-,15-/m0/s1. The molecule has 0 fully saturated rings. The lowest BCUT2D eigenvalue weighted by Gasteiger charge is -2.18. The first-order valence-electron chi connectivity index (χ1n) is 7.51. The normalized spacial score (nSPS) is 13.9. The molecule has 0 unspecified atom stereocenters. The SMILES string of the molecule is Cc1ccccc1OC[C@@H](O)CN[C@@H](C)c1c(C)noc1C. The van der Waals surface area contributed by atoms with Crippen LogP contribution in [0.5, 0.6) is 5.75 Å². The van der Waals surface area contributed by atoms with Crippen LogP contribution in [0.15, 0.2) is 28.8 Å². The summed E-state index contributed by atoms with van der Waals surface area (Å²) in [6.07, 6.45) is -0.581. The van der Waals surface area contributed by atoms with Crippen LogP contribution in [0.2, 0.25) is 0 Å². The van der Waals surface area contributed by atoms with E-state index >= 15 is 0 Å². The Morgan fingerprint density at radius 2 is 2.00 bits per heavy atom. The molecule has 0 aliphatic rings. The number of rotatable bonds is 7. The molecule has 5 nitrogen and oxygen atoms in total. The maximum absolute atomic E-state index is 10.1. The van der Waals surface area contributed by atoms with Crippen LogP contribution in [0.25, 0.3) is 0 Å². The highest BCUT2D eigenvalue weighted by Gasteiger charge is 2.17. The zero-order chi connectivity index (χ0) is 16.1. The summed E-state index contributed by atoms with van der Waals surface area (Å²) >= 11 is 0. The van der Waals surface area contributed by atoms with Gasteiger partial charge in [0.25, 0.3) is 0 Å². The van der Waals surface area contributed by atoms with E-state index < -0.39 is 6.10 Å². The Morgan fingerprint density at radius 1 is 1.27 bits per heavy atom. The van der Waals surface area contributed by atoms with Crippen LogP contribution in [0.1, 0.15) is 35.5 Å². The van der Waals surface area contributed by atoms with Crippen molar-refractivity contribution in [3.63, 3.8) is 0 Å². The van der Waals surface area contributed by atoms with Crippen LogP contribution < -0.4 is 10.1 Å². The topological polar surface area (TPSA) is 67.5 Å². The van der Waals surface area contributed by atoms with Crippen molar-refractivity contribution in [2.24, 2.45) is 0 Å².